The van der Waals surface area contributed by atoms with Crippen molar-refractivity contribution in [1.82, 2.24) is 9.13 Å². The molecular weight excluding hydrogens is 1490 g/mol. The van der Waals surface area contributed by atoms with Crippen LogP contribution in [0.1, 0.15) is 0 Å². The Morgan fingerprint density at radius 2 is 0.433 bits per heavy atom. The van der Waals surface area contributed by atoms with Crippen molar-refractivity contribution in [1.29, 1.82) is 0 Å². The topological polar surface area (TPSA) is 16.3 Å². The van der Waals surface area contributed by atoms with Gasteiger partial charge in [-0.2, -0.15) is 0 Å². The fraction of sp³-hybridized carbons (Fsp3) is 0. The summed E-state index contributed by atoms with van der Waals surface area (Å²) in [6.45, 7) is 0. The van der Waals surface area contributed by atoms with Crippen LogP contribution in [0.2, 0.25) is 0 Å². The van der Waals surface area contributed by atoms with Gasteiger partial charge in [-0.15, -0.1) is 22.7 Å². The van der Waals surface area contributed by atoms with Crippen molar-refractivity contribution in [3.8, 4) is 44.8 Å². The molecule has 0 fully saturated rings. The minimum Gasteiger partial charge on any atom is -0.309 e. The highest BCUT2D eigenvalue weighted by Gasteiger charge is 2.25. The number of rotatable bonds is 11. The van der Waals surface area contributed by atoms with E-state index in [4.69, 9.17) is 0 Å². The number of para-hydroxylation sites is 3. The van der Waals surface area contributed by atoms with E-state index in [0.29, 0.717) is 0 Å². The second-order valence-electron chi connectivity index (χ2n) is 31.3. The van der Waals surface area contributed by atoms with Crippen LogP contribution in [0.5, 0.6) is 0 Å². The lowest BCUT2D eigenvalue weighted by molar-refractivity contribution is 1.18. The van der Waals surface area contributed by atoms with Crippen LogP contribution in [0, 0.1) is 0 Å². The third kappa shape index (κ3) is 11.3. The Labute approximate surface area is 700 Å². The summed E-state index contributed by atoms with van der Waals surface area (Å²) in [5.74, 6) is 0. The van der Waals surface area contributed by atoms with Gasteiger partial charge in [-0.3, -0.25) is 0 Å². The molecule has 21 aromatic carbocycles. The van der Waals surface area contributed by atoms with E-state index >= 15 is 0 Å². The molecule has 0 spiro atoms. The lowest BCUT2D eigenvalue weighted by atomic mass is 9.94. The number of nitrogens with zero attached hydrogens (tertiary/aromatic N) is 4. The van der Waals surface area contributed by atoms with Crippen LogP contribution in [0.4, 0.5) is 34.1 Å². The van der Waals surface area contributed by atoms with Crippen LogP contribution in [0.3, 0.4) is 0 Å². The maximum absolute atomic E-state index is 2.46. The molecule has 0 aliphatic rings. The predicted octanol–water partition coefficient (Wildman–Crippen LogP) is 33.2. The maximum atomic E-state index is 2.46. The van der Waals surface area contributed by atoms with E-state index in [1.165, 1.54) is 199 Å². The van der Waals surface area contributed by atoms with Gasteiger partial charge in [0.25, 0.3) is 0 Å². The largest absolute Gasteiger partial charge is 0.309 e. The van der Waals surface area contributed by atoms with E-state index in [1.807, 2.05) is 22.7 Å². The van der Waals surface area contributed by atoms with Crippen LogP contribution in [0.15, 0.2) is 437 Å². The van der Waals surface area contributed by atoms with E-state index < -0.39 is 0 Å². The van der Waals surface area contributed by atoms with E-state index in [-0.39, 0.29) is 0 Å². The van der Waals surface area contributed by atoms with Gasteiger partial charge < -0.3 is 18.9 Å². The molecule has 25 aromatic rings. The Hall–Kier alpha value is -15.2. The molecule has 0 saturated carbocycles. The molecule has 4 heterocycles. The monoisotopic (exact) mass is 1560 g/mol. The van der Waals surface area contributed by atoms with Crippen molar-refractivity contribution in [2.75, 3.05) is 9.80 Å². The first-order valence-electron chi connectivity index (χ1n) is 41.1. The van der Waals surface area contributed by atoms with E-state index in [0.717, 1.165) is 28.4 Å². The zero-order valence-corrected chi connectivity index (χ0v) is 66.8. The highest BCUT2D eigenvalue weighted by molar-refractivity contribution is 7.26. The molecular formula is C114H72N4S2. The fourth-order valence-corrected chi connectivity index (χ4v) is 21.6. The molecule has 0 N–H and O–H groups in total. The van der Waals surface area contributed by atoms with E-state index in [2.05, 4.69) is 456 Å². The van der Waals surface area contributed by atoms with Crippen molar-refractivity contribution in [2.45, 2.75) is 0 Å². The minimum atomic E-state index is 1.11. The Morgan fingerprint density at radius 1 is 0.158 bits per heavy atom. The molecule has 0 aliphatic carbocycles. The van der Waals surface area contributed by atoms with Crippen LogP contribution in [-0.2, 0) is 0 Å². The minimum absolute atomic E-state index is 1.11. The van der Waals surface area contributed by atoms with Crippen molar-refractivity contribution < 1.29 is 0 Å². The Bertz CT molecular complexity index is 8340. The summed E-state index contributed by atoms with van der Waals surface area (Å²) in [4.78, 5) is 4.92. The second-order valence-corrected chi connectivity index (χ2v) is 33.4. The van der Waals surface area contributed by atoms with Crippen molar-refractivity contribution in [2.24, 2.45) is 0 Å². The van der Waals surface area contributed by atoms with Gasteiger partial charge in [-0.25, -0.2) is 0 Å². The zero-order valence-electron chi connectivity index (χ0n) is 65.2. The molecule has 4 aromatic heterocycles. The number of thiophene rings is 2. The number of anilines is 6. The second kappa shape index (κ2) is 28.3. The zero-order chi connectivity index (χ0) is 78.9. The predicted molar refractivity (Wildman–Crippen MR) is 518 cm³/mol. The molecule has 0 bridgehead atoms. The standard InChI is InChI=1S/C60H38N2S.C54H34N2S/c1-3-14-39(15-4-1)41-28-34-56-54(36-41)55-37-42(29-35-57(55)62(56)43-16-5-2-6-17-43)40-26-30-44(31-27-40)61(58-24-13-23-52-51-22-11-12-25-59(51)63-60(52)58)45-32-33-50-48-20-8-7-18-46(48)47-19-9-10-21-49(47)53(50)38-45;1-2-13-37(14-3-1)56-50-22-10-8-19-45(50)49-33-36(27-32-51(49)56)35-25-28-38(29-26-35)55(52-23-12-21-47-46-20-9-11-24-53(46)57-54(47)52)39-30-31-44-42-17-5-4-15-40(42)41-16-6-7-18-43(41)48(44)34-39/h1-38H;1-34H. The molecule has 0 amide bonds. The first kappa shape index (κ1) is 69.2. The average molecular weight is 1560 g/mol. The highest BCUT2D eigenvalue weighted by Crippen LogP contribution is 2.51. The normalized spacial score (nSPS) is 11.8. The third-order valence-electron chi connectivity index (χ3n) is 24.7. The first-order valence-corrected chi connectivity index (χ1v) is 42.7. The molecule has 0 saturated heterocycles. The van der Waals surface area contributed by atoms with Gasteiger partial charge in [0.2, 0.25) is 0 Å². The Kier molecular flexibility index (Phi) is 16.3. The van der Waals surface area contributed by atoms with Crippen LogP contribution in [0.25, 0.3) is 193 Å². The van der Waals surface area contributed by atoms with Gasteiger partial charge in [0.1, 0.15) is 0 Å². The quantitative estimate of drug-likeness (QED) is 0.120. The highest BCUT2D eigenvalue weighted by atomic mass is 32.1. The summed E-state index contributed by atoms with van der Waals surface area (Å²) in [7, 11) is 0. The van der Waals surface area contributed by atoms with Crippen molar-refractivity contribution >= 4 is 205 Å². The number of benzene rings is 21. The van der Waals surface area contributed by atoms with E-state index in [1.54, 1.807) is 0 Å². The number of hydrogen-bond acceptors (Lipinski definition) is 4. The molecule has 4 nitrogen and oxygen atoms in total. The lowest BCUT2D eigenvalue weighted by Gasteiger charge is -2.27. The molecule has 0 atom stereocenters. The molecule has 0 aliphatic heterocycles. The maximum Gasteiger partial charge on any atom is 0.0640 e. The van der Waals surface area contributed by atoms with E-state index in [9.17, 15) is 0 Å². The molecule has 0 radical (unpaired) electrons. The van der Waals surface area contributed by atoms with Crippen LogP contribution in [-0.4, -0.2) is 9.13 Å². The lowest BCUT2D eigenvalue weighted by Crippen LogP contribution is -2.10. The molecule has 560 valence electrons. The molecule has 25 rings (SSSR count). The van der Waals surface area contributed by atoms with Gasteiger partial charge in [0.05, 0.1) is 42.8 Å². The summed E-state index contributed by atoms with van der Waals surface area (Å²) in [5.41, 5.74) is 21.2. The summed E-state index contributed by atoms with van der Waals surface area (Å²) >= 11 is 3.74. The van der Waals surface area contributed by atoms with Gasteiger partial charge in [0.15, 0.2) is 0 Å². The smallest absolute Gasteiger partial charge is 0.0640 e. The van der Waals surface area contributed by atoms with Gasteiger partial charge >= 0.3 is 0 Å². The third-order valence-corrected chi connectivity index (χ3v) is 27.1. The van der Waals surface area contributed by atoms with Crippen molar-refractivity contribution in [3.63, 3.8) is 0 Å². The summed E-state index contributed by atoms with van der Waals surface area (Å²) in [6, 6.07) is 160. The number of hydrogen-bond donors (Lipinski definition) is 0. The molecule has 120 heavy (non-hydrogen) atoms. The molecule has 0 unspecified atom stereocenters. The SMILES string of the molecule is c1ccc(-c2ccc3c(c2)c2cc(-c4ccc(N(c5ccc6c7ccccc7c7ccccc7c6c5)c5cccc6c5sc5ccccc56)cc4)ccc2n3-c2ccccc2)cc1.c1ccc(-n2c3ccccc3c3cc(-c4ccc(N(c5ccc6c7ccccc7c7ccccc7c6c5)c5cccc6c5sc5ccccc56)cc4)ccc32)cc1. The van der Waals surface area contributed by atoms with Gasteiger partial charge in [-0.1, -0.05) is 297 Å². The number of aromatic nitrogens is 2. The van der Waals surface area contributed by atoms with Crippen LogP contribution >= 0.6 is 22.7 Å². The first-order chi connectivity index (χ1) is 59.5. The average Bonchev–Trinajstić information content (AvgIpc) is 1.43. The molecule has 6 heteroatoms. The van der Waals surface area contributed by atoms with Gasteiger partial charge in [-0.05, 0) is 238 Å². The number of fused-ring (bicyclic) bond motifs is 24. The van der Waals surface area contributed by atoms with Crippen molar-refractivity contribution in [3.05, 3.63) is 437 Å². The Balaban J connectivity index is 0.000000137. The fourth-order valence-electron chi connectivity index (χ4n) is 19.2. The Morgan fingerprint density at radius 3 is 0.825 bits per heavy atom. The summed E-state index contributed by atoms with van der Waals surface area (Å²) in [5, 5.41) is 25.4. The summed E-state index contributed by atoms with van der Waals surface area (Å²) in [6.07, 6.45) is 0. The summed E-state index contributed by atoms with van der Waals surface area (Å²) < 4.78 is 9.93. The van der Waals surface area contributed by atoms with Gasteiger partial charge in [0, 0.05) is 86.6 Å². The van der Waals surface area contributed by atoms with Crippen LogP contribution < -0.4 is 9.80 Å².